The van der Waals surface area contributed by atoms with Crippen molar-refractivity contribution in [3.63, 3.8) is 0 Å². The summed E-state index contributed by atoms with van der Waals surface area (Å²) in [5.74, 6) is 2.34. The van der Waals surface area contributed by atoms with Crippen LogP contribution < -0.4 is 5.32 Å². The molecule has 2 aliphatic heterocycles. The molecule has 3 unspecified atom stereocenters. The van der Waals surface area contributed by atoms with Gasteiger partial charge in [0.1, 0.15) is 0 Å². The third-order valence-corrected chi connectivity index (χ3v) is 5.15. The van der Waals surface area contributed by atoms with Crippen molar-refractivity contribution in [2.24, 2.45) is 17.8 Å². The number of carbonyl (C=O) groups excluding carboxylic acids is 1. The van der Waals surface area contributed by atoms with Crippen LogP contribution in [0.4, 0.5) is 0 Å². The smallest absolute Gasteiger partial charge is 0.223 e. The Hall–Kier alpha value is -0.570. The Labute approximate surface area is 111 Å². The SMILES string of the molecule is CC(CC(=O)N1CCC(C)C1C)C1CCNCC1. The van der Waals surface area contributed by atoms with Gasteiger partial charge in [0.25, 0.3) is 0 Å². The van der Waals surface area contributed by atoms with Crippen molar-refractivity contribution in [1.82, 2.24) is 10.2 Å². The average molecular weight is 252 g/mol. The highest BCUT2D eigenvalue weighted by molar-refractivity contribution is 5.77. The van der Waals surface area contributed by atoms with E-state index in [4.69, 9.17) is 0 Å². The number of carbonyl (C=O) groups is 1. The van der Waals surface area contributed by atoms with Gasteiger partial charge in [-0.15, -0.1) is 0 Å². The van der Waals surface area contributed by atoms with E-state index in [1.165, 1.54) is 19.3 Å². The molecule has 0 aromatic rings. The fraction of sp³-hybridized carbons (Fsp3) is 0.933. The molecule has 104 valence electrons. The molecular weight excluding hydrogens is 224 g/mol. The van der Waals surface area contributed by atoms with E-state index < -0.39 is 0 Å². The van der Waals surface area contributed by atoms with E-state index in [-0.39, 0.29) is 0 Å². The zero-order valence-corrected chi connectivity index (χ0v) is 12.1. The van der Waals surface area contributed by atoms with Gasteiger partial charge in [-0.1, -0.05) is 13.8 Å². The molecule has 0 aliphatic carbocycles. The molecule has 1 amide bonds. The van der Waals surface area contributed by atoms with Crippen molar-refractivity contribution >= 4 is 5.91 Å². The summed E-state index contributed by atoms with van der Waals surface area (Å²) in [5, 5.41) is 3.40. The fourth-order valence-electron chi connectivity index (χ4n) is 3.42. The molecule has 0 spiro atoms. The second-order valence-electron chi connectivity index (χ2n) is 6.36. The van der Waals surface area contributed by atoms with Crippen molar-refractivity contribution in [2.75, 3.05) is 19.6 Å². The van der Waals surface area contributed by atoms with Gasteiger partial charge in [0, 0.05) is 19.0 Å². The summed E-state index contributed by atoms with van der Waals surface area (Å²) in [4.78, 5) is 14.5. The molecule has 0 radical (unpaired) electrons. The molecule has 0 aromatic heterocycles. The molecule has 0 saturated carbocycles. The first-order valence-corrected chi connectivity index (χ1v) is 7.59. The molecule has 0 aromatic carbocycles. The van der Waals surface area contributed by atoms with Crippen LogP contribution in [0.2, 0.25) is 0 Å². The lowest BCUT2D eigenvalue weighted by molar-refractivity contribution is -0.133. The van der Waals surface area contributed by atoms with Crippen molar-refractivity contribution < 1.29 is 4.79 Å². The maximum atomic E-state index is 12.4. The standard InChI is InChI=1S/C15H28N2O/c1-11-6-9-17(13(11)3)15(18)10-12(2)14-4-7-16-8-5-14/h11-14,16H,4-10H2,1-3H3. The molecule has 3 heteroatoms. The zero-order valence-electron chi connectivity index (χ0n) is 12.1. The molecule has 2 rings (SSSR count). The van der Waals surface area contributed by atoms with Gasteiger partial charge in [-0.2, -0.15) is 0 Å². The Morgan fingerprint density at radius 2 is 1.94 bits per heavy atom. The van der Waals surface area contributed by atoms with Crippen LogP contribution in [-0.2, 0) is 4.79 Å². The molecule has 2 saturated heterocycles. The molecule has 1 N–H and O–H groups in total. The normalized spacial score (nSPS) is 31.6. The predicted molar refractivity (Wildman–Crippen MR) is 74.3 cm³/mol. The lowest BCUT2D eigenvalue weighted by Gasteiger charge is -2.30. The maximum absolute atomic E-state index is 12.4. The first-order chi connectivity index (χ1) is 8.59. The summed E-state index contributed by atoms with van der Waals surface area (Å²) in [5.41, 5.74) is 0. The molecule has 3 atom stereocenters. The molecule has 2 aliphatic rings. The molecule has 3 nitrogen and oxygen atoms in total. The summed E-state index contributed by atoms with van der Waals surface area (Å²) in [7, 11) is 0. The van der Waals surface area contributed by atoms with Gasteiger partial charge in [0.2, 0.25) is 5.91 Å². The molecule has 0 bridgehead atoms. The van der Waals surface area contributed by atoms with Gasteiger partial charge in [0.15, 0.2) is 0 Å². The van der Waals surface area contributed by atoms with Gasteiger partial charge < -0.3 is 10.2 Å². The van der Waals surface area contributed by atoms with E-state index in [0.717, 1.165) is 32.0 Å². The number of rotatable bonds is 3. The van der Waals surface area contributed by atoms with Gasteiger partial charge >= 0.3 is 0 Å². The zero-order chi connectivity index (χ0) is 13.1. The minimum Gasteiger partial charge on any atom is -0.340 e. The van der Waals surface area contributed by atoms with E-state index >= 15 is 0 Å². The lowest BCUT2D eigenvalue weighted by atomic mass is 9.84. The van der Waals surface area contributed by atoms with Crippen molar-refractivity contribution in [3.8, 4) is 0 Å². The number of nitrogens with zero attached hydrogens (tertiary/aromatic N) is 1. The van der Waals surface area contributed by atoms with Crippen LogP contribution in [0.5, 0.6) is 0 Å². The van der Waals surface area contributed by atoms with Crippen molar-refractivity contribution in [2.45, 2.75) is 52.5 Å². The Bertz CT molecular complexity index is 286. The Morgan fingerprint density at radius 3 is 2.50 bits per heavy atom. The van der Waals surface area contributed by atoms with Gasteiger partial charge in [0.05, 0.1) is 0 Å². The minimum atomic E-state index is 0.387. The number of hydrogen-bond donors (Lipinski definition) is 1. The average Bonchev–Trinajstić information content (AvgIpc) is 2.71. The fourth-order valence-corrected chi connectivity index (χ4v) is 3.42. The van der Waals surface area contributed by atoms with Crippen LogP contribution in [0, 0.1) is 17.8 Å². The van der Waals surface area contributed by atoms with Crippen LogP contribution >= 0.6 is 0 Å². The lowest BCUT2D eigenvalue weighted by Crippen LogP contribution is -2.38. The second-order valence-corrected chi connectivity index (χ2v) is 6.36. The first-order valence-electron chi connectivity index (χ1n) is 7.59. The maximum Gasteiger partial charge on any atom is 0.223 e. The van der Waals surface area contributed by atoms with Crippen LogP contribution in [0.25, 0.3) is 0 Å². The summed E-state index contributed by atoms with van der Waals surface area (Å²) in [6.07, 6.45) is 4.40. The predicted octanol–water partition coefficient (Wildman–Crippen LogP) is 2.27. The number of hydrogen-bond acceptors (Lipinski definition) is 2. The number of piperidine rings is 1. The summed E-state index contributed by atoms with van der Waals surface area (Å²) in [6.45, 7) is 9.94. The highest BCUT2D eigenvalue weighted by atomic mass is 16.2. The highest BCUT2D eigenvalue weighted by Gasteiger charge is 2.32. The third-order valence-electron chi connectivity index (χ3n) is 5.15. The highest BCUT2D eigenvalue weighted by Crippen LogP contribution is 2.28. The summed E-state index contributed by atoms with van der Waals surface area (Å²) in [6, 6.07) is 0.442. The summed E-state index contributed by atoms with van der Waals surface area (Å²) < 4.78 is 0. The second kappa shape index (κ2) is 6.05. The Morgan fingerprint density at radius 1 is 1.28 bits per heavy atom. The number of amides is 1. The van der Waals surface area contributed by atoms with E-state index in [1.54, 1.807) is 0 Å². The van der Waals surface area contributed by atoms with Crippen LogP contribution in [0.3, 0.4) is 0 Å². The molecule has 2 fully saturated rings. The molecular formula is C15H28N2O. The van der Waals surface area contributed by atoms with E-state index in [2.05, 4.69) is 31.0 Å². The first kappa shape index (κ1) is 13.9. The minimum absolute atomic E-state index is 0.387. The van der Waals surface area contributed by atoms with Gasteiger partial charge in [-0.25, -0.2) is 0 Å². The van der Waals surface area contributed by atoms with Crippen LogP contribution in [0.1, 0.15) is 46.5 Å². The quantitative estimate of drug-likeness (QED) is 0.835. The molecule has 18 heavy (non-hydrogen) atoms. The van der Waals surface area contributed by atoms with E-state index in [0.29, 0.717) is 23.8 Å². The van der Waals surface area contributed by atoms with Gasteiger partial charge in [-0.05, 0) is 57.0 Å². The summed E-state index contributed by atoms with van der Waals surface area (Å²) >= 11 is 0. The van der Waals surface area contributed by atoms with E-state index in [1.807, 2.05) is 0 Å². The van der Waals surface area contributed by atoms with Crippen LogP contribution in [0.15, 0.2) is 0 Å². The number of likely N-dealkylation sites (tertiary alicyclic amines) is 1. The largest absolute Gasteiger partial charge is 0.340 e. The van der Waals surface area contributed by atoms with Gasteiger partial charge in [-0.3, -0.25) is 4.79 Å². The van der Waals surface area contributed by atoms with Crippen LogP contribution in [-0.4, -0.2) is 36.5 Å². The monoisotopic (exact) mass is 252 g/mol. The Kier molecular flexibility index (Phi) is 4.66. The Balaban J connectivity index is 1.83. The molecule has 2 heterocycles. The third kappa shape index (κ3) is 3.05. The number of nitrogens with one attached hydrogen (secondary N) is 1. The van der Waals surface area contributed by atoms with E-state index in [9.17, 15) is 4.79 Å². The van der Waals surface area contributed by atoms with Crippen molar-refractivity contribution in [1.29, 1.82) is 0 Å². The van der Waals surface area contributed by atoms with Crippen molar-refractivity contribution in [3.05, 3.63) is 0 Å². The topological polar surface area (TPSA) is 32.3 Å².